The van der Waals surface area contributed by atoms with Gasteiger partial charge >= 0.3 is 0 Å². The summed E-state index contributed by atoms with van der Waals surface area (Å²) >= 11 is 0. The van der Waals surface area contributed by atoms with E-state index in [-0.39, 0.29) is 24.2 Å². The van der Waals surface area contributed by atoms with Crippen LogP contribution in [-0.4, -0.2) is 30.3 Å². The number of rotatable bonds is 4. The molecule has 0 saturated carbocycles. The van der Waals surface area contributed by atoms with Crippen LogP contribution in [0.2, 0.25) is 0 Å². The molecule has 1 heterocycles. The maximum absolute atomic E-state index is 13.1. The largest absolute Gasteiger partial charge is 0.326 e. The van der Waals surface area contributed by atoms with Crippen LogP contribution in [0.3, 0.4) is 0 Å². The molecule has 0 bridgehead atoms. The molecule has 1 aromatic carbocycles. The van der Waals surface area contributed by atoms with Crippen LogP contribution in [0.15, 0.2) is 24.3 Å². The first-order valence-electron chi connectivity index (χ1n) is 7.10. The van der Waals surface area contributed by atoms with Crippen molar-refractivity contribution in [3.63, 3.8) is 0 Å². The van der Waals surface area contributed by atoms with Gasteiger partial charge in [0.25, 0.3) is 5.92 Å². The zero-order chi connectivity index (χ0) is 16.3. The van der Waals surface area contributed by atoms with E-state index in [4.69, 9.17) is 0 Å². The maximum atomic E-state index is 13.1. The number of halogens is 3. The first kappa shape index (κ1) is 19.3. The molecule has 1 atom stereocenters. The molecule has 128 valence electrons. The second-order valence-electron chi connectivity index (χ2n) is 5.70. The van der Waals surface area contributed by atoms with Crippen LogP contribution >= 0.6 is 12.4 Å². The first-order chi connectivity index (χ1) is 10.3. The molecule has 1 fully saturated rings. The maximum Gasteiger partial charge on any atom is 0.262 e. The summed E-state index contributed by atoms with van der Waals surface area (Å²) in [5.41, 5.74) is 1.10. The van der Waals surface area contributed by atoms with Gasteiger partial charge in [0.05, 0.1) is 12.6 Å². The molecule has 1 unspecified atom stereocenters. The lowest BCUT2D eigenvalue weighted by Gasteiger charge is -2.12. The summed E-state index contributed by atoms with van der Waals surface area (Å²) in [6.07, 6.45) is -0.499. The van der Waals surface area contributed by atoms with E-state index in [9.17, 15) is 18.4 Å². The van der Waals surface area contributed by atoms with Crippen molar-refractivity contribution in [2.75, 3.05) is 17.2 Å². The van der Waals surface area contributed by atoms with Gasteiger partial charge in [-0.15, -0.1) is 12.4 Å². The number of hydrogen-bond acceptors (Lipinski definition) is 3. The van der Waals surface area contributed by atoms with Crippen LogP contribution in [0.25, 0.3) is 0 Å². The Morgan fingerprint density at radius 3 is 2.13 bits per heavy atom. The van der Waals surface area contributed by atoms with Crippen LogP contribution < -0.4 is 16.0 Å². The third-order valence-corrected chi connectivity index (χ3v) is 3.37. The van der Waals surface area contributed by atoms with Gasteiger partial charge in [-0.1, -0.05) is 13.8 Å². The Bertz CT molecular complexity index is 564. The Morgan fingerprint density at radius 1 is 1.17 bits per heavy atom. The van der Waals surface area contributed by atoms with E-state index in [1.54, 1.807) is 38.1 Å². The second-order valence-corrected chi connectivity index (χ2v) is 5.70. The molecule has 2 amide bonds. The molecule has 8 heteroatoms. The minimum absolute atomic E-state index is 0. The molecule has 0 aliphatic carbocycles. The Kier molecular flexibility index (Phi) is 6.47. The van der Waals surface area contributed by atoms with Gasteiger partial charge in [0.15, 0.2) is 0 Å². The summed E-state index contributed by atoms with van der Waals surface area (Å²) in [6.45, 7) is 3.09. The molecule has 0 spiro atoms. The predicted molar refractivity (Wildman–Crippen MR) is 87.1 cm³/mol. The lowest BCUT2D eigenvalue weighted by molar-refractivity contribution is -0.119. The molecular formula is C15H20ClF2N3O2. The molecule has 1 aliphatic heterocycles. The average Bonchev–Trinajstić information content (AvgIpc) is 2.81. The Balaban J connectivity index is 0.00000264. The van der Waals surface area contributed by atoms with Crippen LogP contribution in [0.4, 0.5) is 20.2 Å². The zero-order valence-electron chi connectivity index (χ0n) is 12.9. The smallest absolute Gasteiger partial charge is 0.262 e. The fourth-order valence-corrected chi connectivity index (χ4v) is 2.05. The number of hydrogen-bond donors (Lipinski definition) is 3. The minimum Gasteiger partial charge on any atom is -0.326 e. The summed E-state index contributed by atoms with van der Waals surface area (Å²) in [7, 11) is 0. The van der Waals surface area contributed by atoms with E-state index in [0.717, 1.165) is 0 Å². The van der Waals surface area contributed by atoms with Crippen molar-refractivity contribution < 1.29 is 18.4 Å². The highest BCUT2D eigenvalue weighted by atomic mass is 35.5. The quantitative estimate of drug-likeness (QED) is 0.784. The fourth-order valence-electron chi connectivity index (χ4n) is 2.05. The normalized spacial score (nSPS) is 19.1. The Morgan fingerprint density at radius 2 is 1.70 bits per heavy atom. The minimum atomic E-state index is -2.84. The van der Waals surface area contributed by atoms with E-state index in [1.165, 1.54) is 0 Å². The monoisotopic (exact) mass is 347 g/mol. The molecule has 1 aliphatic rings. The van der Waals surface area contributed by atoms with Gasteiger partial charge in [-0.3, -0.25) is 14.9 Å². The van der Waals surface area contributed by atoms with Crippen molar-refractivity contribution in [3.05, 3.63) is 24.3 Å². The van der Waals surface area contributed by atoms with Crippen LogP contribution in [0.5, 0.6) is 0 Å². The van der Waals surface area contributed by atoms with E-state index >= 15 is 0 Å². The third kappa shape index (κ3) is 5.44. The predicted octanol–water partition coefficient (Wildman–Crippen LogP) is 2.64. The van der Waals surface area contributed by atoms with Gasteiger partial charge in [-0.05, 0) is 24.3 Å². The molecule has 23 heavy (non-hydrogen) atoms. The molecular weight excluding hydrogens is 328 g/mol. The topological polar surface area (TPSA) is 70.2 Å². The van der Waals surface area contributed by atoms with Crippen LogP contribution in [-0.2, 0) is 9.59 Å². The molecule has 1 saturated heterocycles. The number of nitrogens with one attached hydrogen (secondary N) is 3. The molecule has 2 rings (SSSR count). The van der Waals surface area contributed by atoms with Crippen molar-refractivity contribution in [1.29, 1.82) is 0 Å². The third-order valence-electron chi connectivity index (χ3n) is 3.37. The summed E-state index contributed by atoms with van der Waals surface area (Å²) in [6, 6.07) is 5.62. The van der Waals surface area contributed by atoms with Gasteiger partial charge in [-0.25, -0.2) is 8.78 Å². The SMILES string of the molecule is CC(C)C(=O)Nc1ccc(NC(=O)C2CC(F)(F)CN2)cc1.Cl. The molecule has 0 radical (unpaired) electrons. The van der Waals surface area contributed by atoms with E-state index < -0.39 is 30.8 Å². The number of anilines is 2. The van der Waals surface area contributed by atoms with Crippen molar-refractivity contribution in [2.24, 2.45) is 5.92 Å². The van der Waals surface area contributed by atoms with Crippen LogP contribution in [0, 0.1) is 5.92 Å². The van der Waals surface area contributed by atoms with Crippen LogP contribution in [0.1, 0.15) is 20.3 Å². The Labute approximate surface area is 139 Å². The highest BCUT2D eigenvalue weighted by Crippen LogP contribution is 2.26. The highest BCUT2D eigenvalue weighted by molar-refractivity contribution is 5.96. The van der Waals surface area contributed by atoms with E-state index in [2.05, 4.69) is 16.0 Å². The van der Waals surface area contributed by atoms with Gasteiger partial charge < -0.3 is 10.6 Å². The number of carbonyl (C=O) groups is 2. The van der Waals surface area contributed by atoms with Gasteiger partial charge in [0, 0.05) is 23.7 Å². The highest BCUT2D eigenvalue weighted by Gasteiger charge is 2.42. The van der Waals surface area contributed by atoms with Crippen molar-refractivity contribution >= 4 is 35.6 Å². The first-order valence-corrected chi connectivity index (χ1v) is 7.10. The van der Waals surface area contributed by atoms with E-state index in [0.29, 0.717) is 11.4 Å². The fraction of sp³-hybridized carbons (Fsp3) is 0.467. The second kappa shape index (κ2) is 7.70. The lowest BCUT2D eigenvalue weighted by Crippen LogP contribution is -2.35. The standard InChI is InChI=1S/C15H19F2N3O2.ClH/c1-9(2)13(21)19-10-3-5-11(6-4-10)20-14(22)12-7-15(16,17)8-18-12;/h3-6,9,12,18H,7-8H2,1-2H3,(H,19,21)(H,20,22);1H. The van der Waals surface area contributed by atoms with Gasteiger partial charge in [0.2, 0.25) is 11.8 Å². The summed E-state index contributed by atoms with van der Waals surface area (Å²) in [5.74, 6) is -3.56. The Hall–Kier alpha value is -1.73. The van der Waals surface area contributed by atoms with Crippen molar-refractivity contribution in [2.45, 2.75) is 32.2 Å². The summed E-state index contributed by atoms with van der Waals surface area (Å²) in [4.78, 5) is 23.4. The number of benzene rings is 1. The molecule has 5 nitrogen and oxygen atoms in total. The average molecular weight is 348 g/mol. The van der Waals surface area contributed by atoms with E-state index in [1.807, 2.05) is 0 Å². The van der Waals surface area contributed by atoms with Gasteiger partial charge in [-0.2, -0.15) is 0 Å². The molecule has 3 N–H and O–H groups in total. The summed E-state index contributed by atoms with van der Waals surface area (Å²) < 4.78 is 26.1. The lowest BCUT2D eigenvalue weighted by atomic mass is 10.1. The van der Waals surface area contributed by atoms with Crippen molar-refractivity contribution in [1.82, 2.24) is 5.32 Å². The summed E-state index contributed by atoms with van der Waals surface area (Å²) in [5, 5.41) is 7.80. The number of alkyl halides is 2. The zero-order valence-corrected chi connectivity index (χ0v) is 13.7. The number of amides is 2. The van der Waals surface area contributed by atoms with Crippen molar-refractivity contribution in [3.8, 4) is 0 Å². The number of carbonyl (C=O) groups excluding carboxylic acids is 2. The van der Waals surface area contributed by atoms with Gasteiger partial charge in [0.1, 0.15) is 0 Å². The molecule has 1 aromatic rings. The molecule has 0 aromatic heterocycles.